The Morgan fingerprint density at radius 3 is 2.72 bits per heavy atom. The summed E-state index contributed by atoms with van der Waals surface area (Å²) in [5.74, 6) is 0.824. The van der Waals surface area contributed by atoms with E-state index in [2.05, 4.69) is 20.2 Å². The van der Waals surface area contributed by atoms with Gasteiger partial charge in [0.1, 0.15) is 0 Å². The van der Waals surface area contributed by atoms with Crippen LogP contribution in [-0.2, 0) is 11.3 Å². The van der Waals surface area contributed by atoms with Crippen molar-refractivity contribution in [1.29, 1.82) is 0 Å². The van der Waals surface area contributed by atoms with E-state index >= 15 is 0 Å². The molecule has 1 unspecified atom stereocenters. The van der Waals surface area contributed by atoms with Crippen LogP contribution in [0.2, 0.25) is 0 Å². The molecule has 0 amide bonds. The fourth-order valence-corrected chi connectivity index (χ4v) is 2.25. The van der Waals surface area contributed by atoms with Crippen molar-refractivity contribution >= 4 is 5.95 Å². The van der Waals surface area contributed by atoms with E-state index in [4.69, 9.17) is 4.74 Å². The highest BCUT2D eigenvalue weighted by Gasteiger charge is 2.24. The molecule has 1 N–H and O–H groups in total. The van der Waals surface area contributed by atoms with Crippen molar-refractivity contribution in [1.82, 2.24) is 15.3 Å². The third-order valence-corrected chi connectivity index (χ3v) is 3.63. The minimum Gasteiger partial charge on any atom is -0.380 e. The molecule has 1 atom stereocenters. The van der Waals surface area contributed by atoms with Crippen molar-refractivity contribution in [2.24, 2.45) is 0 Å². The van der Waals surface area contributed by atoms with Crippen molar-refractivity contribution < 1.29 is 4.74 Å². The first kappa shape index (κ1) is 11.9. The lowest BCUT2D eigenvalue weighted by atomic mass is 10.3. The van der Waals surface area contributed by atoms with Gasteiger partial charge in [-0.2, -0.15) is 0 Å². The standard InChI is InChI=1S/C13H20N4O/c1-18-12-4-5-17(9-12)13-15-7-10(8-16-13)6-14-11-2-3-11/h7-8,11-12,14H,2-6,9H2,1H3. The maximum Gasteiger partial charge on any atom is 0.225 e. The van der Waals surface area contributed by atoms with Crippen molar-refractivity contribution in [2.45, 2.75) is 38.0 Å². The smallest absolute Gasteiger partial charge is 0.225 e. The Morgan fingerprint density at radius 1 is 1.33 bits per heavy atom. The highest BCUT2D eigenvalue weighted by Crippen LogP contribution is 2.20. The number of nitrogens with zero attached hydrogens (tertiary/aromatic N) is 3. The SMILES string of the molecule is COC1CCN(c2ncc(CNC3CC3)cn2)C1. The van der Waals surface area contributed by atoms with Gasteiger partial charge < -0.3 is 15.0 Å². The van der Waals surface area contributed by atoms with E-state index in [0.717, 1.165) is 43.6 Å². The fourth-order valence-electron chi connectivity index (χ4n) is 2.25. The zero-order valence-corrected chi connectivity index (χ0v) is 10.8. The minimum absolute atomic E-state index is 0.324. The van der Waals surface area contributed by atoms with Gasteiger partial charge in [-0.1, -0.05) is 0 Å². The van der Waals surface area contributed by atoms with Crippen LogP contribution in [-0.4, -0.2) is 42.3 Å². The van der Waals surface area contributed by atoms with Crippen LogP contribution < -0.4 is 10.2 Å². The maximum absolute atomic E-state index is 5.35. The van der Waals surface area contributed by atoms with Crippen LogP contribution >= 0.6 is 0 Å². The lowest BCUT2D eigenvalue weighted by Crippen LogP contribution is -2.24. The van der Waals surface area contributed by atoms with Crippen LogP contribution in [0.1, 0.15) is 24.8 Å². The van der Waals surface area contributed by atoms with Crippen LogP contribution in [0.25, 0.3) is 0 Å². The Kier molecular flexibility index (Phi) is 3.43. The number of ether oxygens (including phenoxy) is 1. The fraction of sp³-hybridized carbons (Fsp3) is 0.692. The summed E-state index contributed by atoms with van der Waals surface area (Å²) in [6.45, 7) is 2.76. The predicted molar refractivity (Wildman–Crippen MR) is 69.5 cm³/mol. The quantitative estimate of drug-likeness (QED) is 0.841. The molecule has 98 valence electrons. The average molecular weight is 248 g/mol. The first-order valence-corrected chi connectivity index (χ1v) is 6.67. The molecule has 2 heterocycles. The summed E-state index contributed by atoms with van der Waals surface area (Å²) in [6, 6.07) is 0.728. The molecule has 1 aliphatic carbocycles. The Labute approximate surface area is 108 Å². The molecule has 1 aromatic rings. The summed E-state index contributed by atoms with van der Waals surface area (Å²) in [4.78, 5) is 11.1. The van der Waals surface area contributed by atoms with Gasteiger partial charge in [-0.15, -0.1) is 0 Å². The largest absolute Gasteiger partial charge is 0.380 e. The van der Waals surface area contributed by atoms with E-state index < -0.39 is 0 Å². The van der Waals surface area contributed by atoms with Gasteiger partial charge in [0.15, 0.2) is 0 Å². The topological polar surface area (TPSA) is 50.3 Å². The van der Waals surface area contributed by atoms with Crippen molar-refractivity contribution in [2.75, 3.05) is 25.1 Å². The molecule has 1 aliphatic heterocycles. The van der Waals surface area contributed by atoms with E-state index in [-0.39, 0.29) is 0 Å². The number of nitrogens with one attached hydrogen (secondary N) is 1. The van der Waals surface area contributed by atoms with Crippen molar-refractivity contribution in [3.05, 3.63) is 18.0 Å². The molecule has 0 radical (unpaired) electrons. The third kappa shape index (κ3) is 2.79. The minimum atomic E-state index is 0.324. The van der Waals surface area contributed by atoms with Gasteiger partial charge in [-0.05, 0) is 19.3 Å². The zero-order valence-electron chi connectivity index (χ0n) is 10.8. The average Bonchev–Trinajstić information content (AvgIpc) is 3.12. The molecule has 0 spiro atoms. The van der Waals surface area contributed by atoms with Gasteiger partial charge >= 0.3 is 0 Å². The van der Waals surface area contributed by atoms with Gasteiger partial charge in [-0.3, -0.25) is 0 Å². The van der Waals surface area contributed by atoms with Gasteiger partial charge in [0, 0.05) is 50.7 Å². The molecule has 1 saturated carbocycles. The van der Waals surface area contributed by atoms with Crippen LogP contribution in [0.4, 0.5) is 5.95 Å². The van der Waals surface area contributed by atoms with E-state index in [9.17, 15) is 0 Å². The van der Waals surface area contributed by atoms with Crippen molar-refractivity contribution in [3.63, 3.8) is 0 Å². The zero-order chi connectivity index (χ0) is 12.4. The first-order valence-electron chi connectivity index (χ1n) is 6.67. The monoisotopic (exact) mass is 248 g/mol. The summed E-state index contributed by atoms with van der Waals surface area (Å²) < 4.78 is 5.35. The molecule has 3 rings (SSSR count). The number of hydrogen-bond donors (Lipinski definition) is 1. The highest BCUT2D eigenvalue weighted by molar-refractivity contribution is 5.32. The number of rotatable bonds is 5. The lowest BCUT2D eigenvalue weighted by molar-refractivity contribution is 0.121. The molecular formula is C13H20N4O. The molecule has 5 nitrogen and oxygen atoms in total. The van der Waals surface area contributed by atoms with Crippen LogP contribution in [0.3, 0.4) is 0 Å². The first-order chi connectivity index (χ1) is 8.85. The number of anilines is 1. The molecule has 1 saturated heterocycles. The normalized spacial score (nSPS) is 23.6. The van der Waals surface area contributed by atoms with Gasteiger partial charge in [0.2, 0.25) is 5.95 Å². The van der Waals surface area contributed by atoms with E-state index in [0.29, 0.717) is 6.10 Å². The Morgan fingerprint density at radius 2 is 2.11 bits per heavy atom. The van der Waals surface area contributed by atoms with E-state index in [1.165, 1.54) is 12.8 Å². The number of aromatic nitrogens is 2. The van der Waals surface area contributed by atoms with Crippen LogP contribution in [0.15, 0.2) is 12.4 Å². The molecule has 18 heavy (non-hydrogen) atoms. The highest BCUT2D eigenvalue weighted by atomic mass is 16.5. The van der Waals surface area contributed by atoms with E-state index in [1.807, 2.05) is 12.4 Å². The van der Waals surface area contributed by atoms with Crippen molar-refractivity contribution in [3.8, 4) is 0 Å². The van der Waals surface area contributed by atoms with Gasteiger partial charge in [0.05, 0.1) is 6.10 Å². The number of methoxy groups -OCH3 is 1. The third-order valence-electron chi connectivity index (χ3n) is 3.63. The Balaban J connectivity index is 1.56. The summed E-state index contributed by atoms with van der Waals surface area (Å²) in [7, 11) is 1.77. The second-order valence-electron chi connectivity index (χ2n) is 5.14. The second kappa shape index (κ2) is 5.20. The molecule has 1 aromatic heterocycles. The van der Waals surface area contributed by atoms with E-state index in [1.54, 1.807) is 7.11 Å². The van der Waals surface area contributed by atoms with Gasteiger partial charge in [0.25, 0.3) is 0 Å². The Bertz CT molecular complexity index is 390. The van der Waals surface area contributed by atoms with Crippen LogP contribution in [0.5, 0.6) is 0 Å². The Hall–Kier alpha value is -1.20. The second-order valence-corrected chi connectivity index (χ2v) is 5.14. The summed E-state index contributed by atoms with van der Waals surface area (Å²) in [6.07, 6.45) is 7.86. The molecular weight excluding hydrogens is 228 g/mol. The molecule has 2 fully saturated rings. The molecule has 0 bridgehead atoms. The molecule has 5 heteroatoms. The summed E-state index contributed by atoms with van der Waals surface area (Å²) in [5, 5.41) is 3.46. The predicted octanol–water partition coefficient (Wildman–Crippen LogP) is 0.954. The summed E-state index contributed by atoms with van der Waals surface area (Å²) >= 11 is 0. The maximum atomic E-state index is 5.35. The molecule has 0 aromatic carbocycles. The lowest BCUT2D eigenvalue weighted by Gasteiger charge is -2.15. The van der Waals surface area contributed by atoms with Crippen LogP contribution in [0, 0.1) is 0 Å². The number of hydrogen-bond acceptors (Lipinski definition) is 5. The molecule has 2 aliphatic rings. The van der Waals surface area contributed by atoms with Gasteiger partial charge in [-0.25, -0.2) is 9.97 Å². The summed E-state index contributed by atoms with van der Waals surface area (Å²) in [5.41, 5.74) is 1.16.